The normalized spacial score (nSPS) is 15.8. The summed E-state index contributed by atoms with van der Waals surface area (Å²) in [4.78, 5) is 22.5. The summed E-state index contributed by atoms with van der Waals surface area (Å²) in [6.45, 7) is 2.55. The molecule has 1 saturated heterocycles. The highest BCUT2D eigenvalue weighted by Crippen LogP contribution is 2.18. The van der Waals surface area contributed by atoms with Crippen LogP contribution < -0.4 is 5.32 Å². The molecule has 1 aliphatic heterocycles. The van der Waals surface area contributed by atoms with E-state index in [2.05, 4.69) is 15.3 Å². The van der Waals surface area contributed by atoms with Gasteiger partial charge in [-0.1, -0.05) is 18.6 Å². The number of amides is 1. The fourth-order valence-electron chi connectivity index (χ4n) is 2.90. The number of nitrogens with zero attached hydrogens (tertiary/aromatic N) is 3. The van der Waals surface area contributed by atoms with Gasteiger partial charge < -0.3 is 10.2 Å². The Morgan fingerprint density at radius 1 is 1.14 bits per heavy atom. The molecule has 3 rings (SSSR count). The van der Waals surface area contributed by atoms with Crippen LogP contribution in [0, 0.1) is 0 Å². The van der Waals surface area contributed by atoms with Gasteiger partial charge in [0.05, 0.1) is 5.52 Å². The first-order valence-corrected chi connectivity index (χ1v) is 8.06. The van der Waals surface area contributed by atoms with Crippen LogP contribution in [0.3, 0.4) is 0 Å². The predicted octanol–water partition coefficient (Wildman–Crippen LogP) is 2.83. The Morgan fingerprint density at radius 3 is 3.00 bits per heavy atom. The van der Waals surface area contributed by atoms with Gasteiger partial charge in [-0.3, -0.25) is 4.79 Å². The fourth-order valence-corrected chi connectivity index (χ4v) is 2.90. The number of hydrogen-bond donors (Lipinski definition) is 1. The number of para-hydroxylation sites is 1. The van der Waals surface area contributed by atoms with Crippen molar-refractivity contribution in [2.45, 2.75) is 32.1 Å². The zero-order valence-electron chi connectivity index (χ0n) is 12.8. The number of carbonyl (C=O) groups is 1. The minimum Gasteiger partial charge on any atom is -0.369 e. The molecule has 1 aromatic heterocycles. The van der Waals surface area contributed by atoms with Gasteiger partial charge in [-0.25, -0.2) is 9.97 Å². The minimum absolute atomic E-state index is 0.310. The van der Waals surface area contributed by atoms with Crippen LogP contribution in [0.2, 0.25) is 0 Å². The molecule has 5 heteroatoms. The van der Waals surface area contributed by atoms with Crippen molar-refractivity contribution in [2.75, 3.05) is 25.0 Å². The van der Waals surface area contributed by atoms with E-state index in [1.807, 2.05) is 29.2 Å². The van der Waals surface area contributed by atoms with Crippen molar-refractivity contribution < 1.29 is 4.79 Å². The standard InChI is InChI=1S/C17H22N4O/c22-16-9-2-1-5-11-21(16)12-6-10-18-17-14-7-3-4-8-15(14)19-13-20-17/h3-4,7-8,13H,1-2,5-6,9-12H2,(H,18,19,20). The molecule has 1 fully saturated rings. The Labute approximate surface area is 130 Å². The zero-order valence-corrected chi connectivity index (χ0v) is 12.8. The fraction of sp³-hybridized carbons (Fsp3) is 0.471. The van der Waals surface area contributed by atoms with E-state index in [9.17, 15) is 4.79 Å². The average Bonchev–Trinajstić information content (AvgIpc) is 2.76. The van der Waals surface area contributed by atoms with Gasteiger partial charge in [0.2, 0.25) is 5.91 Å². The summed E-state index contributed by atoms with van der Waals surface area (Å²) in [7, 11) is 0. The van der Waals surface area contributed by atoms with Crippen LogP contribution in [0.25, 0.3) is 10.9 Å². The topological polar surface area (TPSA) is 58.1 Å². The van der Waals surface area contributed by atoms with Gasteiger partial charge in [0.1, 0.15) is 12.1 Å². The summed E-state index contributed by atoms with van der Waals surface area (Å²) >= 11 is 0. The maximum atomic E-state index is 11.9. The number of aromatic nitrogens is 2. The highest BCUT2D eigenvalue weighted by Gasteiger charge is 2.15. The van der Waals surface area contributed by atoms with E-state index >= 15 is 0 Å². The van der Waals surface area contributed by atoms with Crippen LogP contribution in [0.4, 0.5) is 5.82 Å². The Kier molecular flexibility index (Phi) is 4.83. The number of anilines is 1. The van der Waals surface area contributed by atoms with Gasteiger partial charge in [0, 0.05) is 31.4 Å². The van der Waals surface area contributed by atoms with Gasteiger partial charge in [-0.15, -0.1) is 0 Å². The first kappa shape index (κ1) is 14.8. The molecule has 1 aromatic carbocycles. The van der Waals surface area contributed by atoms with E-state index in [0.29, 0.717) is 12.3 Å². The minimum atomic E-state index is 0.310. The zero-order chi connectivity index (χ0) is 15.2. The highest BCUT2D eigenvalue weighted by molar-refractivity contribution is 5.88. The predicted molar refractivity (Wildman–Crippen MR) is 87.7 cm³/mol. The monoisotopic (exact) mass is 298 g/mol. The molecule has 0 aliphatic carbocycles. The maximum absolute atomic E-state index is 11.9. The van der Waals surface area contributed by atoms with Crippen molar-refractivity contribution in [1.82, 2.24) is 14.9 Å². The molecule has 0 bridgehead atoms. The van der Waals surface area contributed by atoms with Gasteiger partial charge in [0.15, 0.2) is 0 Å². The summed E-state index contributed by atoms with van der Waals surface area (Å²) in [5.41, 5.74) is 0.947. The molecule has 1 aliphatic rings. The lowest BCUT2D eigenvalue weighted by Gasteiger charge is -2.20. The lowest BCUT2D eigenvalue weighted by molar-refractivity contribution is -0.130. The molecule has 0 atom stereocenters. The first-order valence-electron chi connectivity index (χ1n) is 8.06. The molecule has 1 amide bonds. The molecular formula is C17H22N4O. The van der Waals surface area contributed by atoms with E-state index in [1.54, 1.807) is 6.33 Å². The van der Waals surface area contributed by atoms with Crippen LogP contribution in [0.5, 0.6) is 0 Å². The Morgan fingerprint density at radius 2 is 2.05 bits per heavy atom. The quantitative estimate of drug-likeness (QED) is 0.862. The lowest BCUT2D eigenvalue weighted by Crippen LogP contribution is -2.32. The maximum Gasteiger partial charge on any atom is 0.222 e. The first-order chi connectivity index (χ1) is 10.8. The molecule has 0 radical (unpaired) electrons. The van der Waals surface area contributed by atoms with Crippen LogP contribution in [-0.2, 0) is 4.79 Å². The van der Waals surface area contributed by atoms with Gasteiger partial charge in [-0.2, -0.15) is 0 Å². The van der Waals surface area contributed by atoms with Crippen molar-refractivity contribution in [3.63, 3.8) is 0 Å². The number of carbonyl (C=O) groups excluding carboxylic acids is 1. The second-order valence-electron chi connectivity index (χ2n) is 5.71. The summed E-state index contributed by atoms with van der Waals surface area (Å²) in [5.74, 6) is 1.18. The SMILES string of the molecule is O=C1CCCCCN1CCCNc1ncnc2ccccc12. The largest absolute Gasteiger partial charge is 0.369 e. The van der Waals surface area contributed by atoms with E-state index in [-0.39, 0.29) is 0 Å². The van der Waals surface area contributed by atoms with E-state index in [1.165, 1.54) is 6.42 Å². The molecule has 2 heterocycles. The van der Waals surface area contributed by atoms with Crippen molar-refractivity contribution in [3.05, 3.63) is 30.6 Å². The molecule has 22 heavy (non-hydrogen) atoms. The summed E-state index contributed by atoms with van der Waals surface area (Å²) in [6, 6.07) is 7.98. The number of likely N-dealkylation sites (tertiary alicyclic amines) is 1. The van der Waals surface area contributed by atoms with E-state index in [4.69, 9.17) is 0 Å². The van der Waals surface area contributed by atoms with Gasteiger partial charge in [0.25, 0.3) is 0 Å². The Bertz CT molecular complexity index is 638. The van der Waals surface area contributed by atoms with Gasteiger partial charge in [-0.05, 0) is 31.4 Å². The smallest absolute Gasteiger partial charge is 0.222 e. The van der Waals surface area contributed by atoms with E-state index in [0.717, 1.165) is 55.6 Å². The number of nitrogens with one attached hydrogen (secondary N) is 1. The number of hydrogen-bond acceptors (Lipinski definition) is 4. The van der Waals surface area contributed by atoms with E-state index < -0.39 is 0 Å². The van der Waals surface area contributed by atoms with Crippen LogP contribution in [-0.4, -0.2) is 40.4 Å². The van der Waals surface area contributed by atoms with Crippen molar-refractivity contribution >= 4 is 22.6 Å². The Hall–Kier alpha value is -2.17. The van der Waals surface area contributed by atoms with Crippen LogP contribution in [0.1, 0.15) is 32.1 Å². The number of benzene rings is 1. The van der Waals surface area contributed by atoms with Crippen LogP contribution >= 0.6 is 0 Å². The Balaban J connectivity index is 1.53. The average molecular weight is 298 g/mol. The number of rotatable bonds is 5. The molecule has 0 saturated carbocycles. The molecule has 0 spiro atoms. The van der Waals surface area contributed by atoms with Crippen LogP contribution in [0.15, 0.2) is 30.6 Å². The third-order valence-corrected chi connectivity index (χ3v) is 4.11. The molecule has 5 nitrogen and oxygen atoms in total. The second kappa shape index (κ2) is 7.20. The van der Waals surface area contributed by atoms with Crippen molar-refractivity contribution in [1.29, 1.82) is 0 Å². The summed E-state index contributed by atoms with van der Waals surface area (Å²) < 4.78 is 0. The summed E-state index contributed by atoms with van der Waals surface area (Å²) in [5, 5.41) is 4.41. The van der Waals surface area contributed by atoms with Crippen molar-refractivity contribution in [2.24, 2.45) is 0 Å². The third-order valence-electron chi connectivity index (χ3n) is 4.11. The summed E-state index contributed by atoms with van der Waals surface area (Å²) in [6.07, 6.45) is 6.58. The molecular weight excluding hydrogens is 276 g/mol. The third kappa shape index (κ3) is 3.53. The lowest BCUT2D eigenvalue weighted by atomic mass is 10.2. The van der Waals surface area contributed by atoms with Crippen molar-refractivity contribution in [3.8, 4) is 0 Å². The molecule has 2 aromatic rings. The second-order valence-corrected chi connectivity index (χ2v) is 5.71. The highest BCUT2D eigenvalue weighted by atomic mass is 16.2. The molecule has 0 unspecified atom stereocenters. The number of fused-ring (bicyclic) bond motifs is 1. The molecule has 1 N–H and O–H groups in total. The van der Waals surface area contributed by atoms with Gasteiger partial charge >= 0.3 is 0 Å². The molecule has 116 valence electrons.